The van der Waals surface area contributed by atoms with Crippen LogP contribution in [0.1, 0.15) is 37.7 Å². The first-order valence-electron chi connectivity index (χ1n) is 6.31. The van der Waals surface area contributed by atoms with Crippen LogP contribution >= 0.6 is 0 Å². The topological polar surface area (TPSA) is 20.2 Å². The predicted molar refractivity (Wildman–Crippen MR) is 67.4 cm³/mol. The third kappa shape index (κ3) is 2.75. The van der Waals surface area contributed by atoms with Crippen molar-refractivity contribution in [2.45, 2.75) is 37.5 Å². The van der Waals surface area contributed by atoms with Gasteiger partial charge >= 0.3 is 0 Å². The van der Waals surface area contributed by atoms with Crippen molar-refractivity contribution >= 4 is 0 Å². The molecule has 1 aliphatic rings. The average Bonchev–Trinajstić information content (AvgIpc) is 2.38. The Kier molecular flexibility index (Phi) is 3.95. The maximum atomic E-state index is 13.0. The molecule has 0 unspecified atom stereocenters. The lowest BCUT2D eigenvalue weighted by Gasteiger charge is -2.35. The fourth-order valence-corrected chi connectivity index (χ4v) is 2.79. The van der Waals surface area contributed by atoms with Crippen molar-refractivity contribution < 1.29 is 9.50 Å². The number of allylic oxidation sites excluding steroid dienone is 1. The largest absolute Gasteiger partial charge is 0.392 e. The molecule has 0 aromatic heterocycles. The van der Waals surface area contributed by atoms with E-state index < -0.39 is 0 Å². The standard InChI is InChI=1S/C15H19FO/c16-14-7-5-13(6-8-14)15(11-4-12-17)9-2-1-3-10-15/h4-8,11,17H,1-3,9-10,12H2. The summed E-state index contributed by atoms with van der Waals surface area (Å²) in [6.45, 7) is 0.0724. The zero-order valence-corrected chi connectivity index (χ0v) is 10.0. The van der Waals surface area contributed by atoms with Crippen LogP contribution < -0.4 is 0 Å². The molecule has 1 fully saturated rings. The average molecular weight is 234 g/mol. The summed E-state index contributed by atoms with van der Waals surface area (Å²) in [7, 11) is 0. The number of hydrogen-bond donors (Lipinski definition) is 1. The van der Waals surface area contributed by atoms with Crippen molar-refractivity contribution in [1.82, 2.24) is 0 Å². The number of aliphatic hydroxyl groups is 1. The van der Waals surface area contributed by atoms with E-state index in [-0.39, 0.29) is 17.8 Å². The molecule has 2 rings (SSSR count). The van der Waals surface area contributed by atoms with Crippen molar-refractivity contribution in [3.8, 4) is 0 Å². The van der Waals surface area contributed by atoms with Crippen LogP contribution in [0.5, 0.6) is 0 Å². The Balaban J connectivity index is 2.31. The summed E-state index contributed by atoms with van der Waals surface area (Å²) in [6.07, 6.45) is 9.79. The molecule has 17 heavy (non-hydrogen) atoms. The van der Waals surface area contributed by atoms with Gasteiger partial charge in [0.1, 0.15) is 5.82 Å². The van der Waals surface area contributed by atoms with E-state index >= 15 is 0 Å². The molecule has 0 spiro atoms. The van der Waals surface area contributed by atoms with Gasteiger partial charge in [-0.05, 0) is 30.5 Å². The van der Waals surface area contributed by atoms with Crippen LogP contribution in [0, 0.1) is 5.82 Å². The van der Waals surface area contributed by atoms with Crippen LogP contribution in [0.25, 0.3) is 0 Å². The second-order valence-electron chi connectivity index (χ2n) is 4.81. The summed E-state index contributed by atoms with van der Waals surface area (Å²) in [4.78, 5) is 0. The van der Waals surface area contributed by atoms with E-state index in [0.29, 0.717) is 0 Å². The third-order valence-electron chi connectivity index (χ3n) is 3.71. The molecule has 0 heterocycles. The van der Waals surface area contributed by atoms with Crippen molar-refractivity contribution in [3.05, 3.63) is 47.8 Å². The van der Waals surface area contributed by atoms with Crippen LogP contribution in [-0.2, 0) is 5.41 Å². The van der Waals surface area contributed by atoms with Crippen LogP contribution in [0.2, 0.25) is 0 Å². The van der Waals surface area contributed by atoms with Gasteiger partial charge in [-0.2, -0.15) is 0 Å². The number of aliphatic hydroxyl groups excluding tert-OH is 1. The molecule has 0 atom stereocenters. The fraction of sp³-hybridized carbons (Fsp3) is 0.467. The first-order chi connectivity index (χ1) is 8.27. The summed E-state index contributed by atoms with van der Waals surface area (Å²) >= 11 is 0. The highest BCUT2D eigenvalue weighted by Gasteiger charge is 2.30. The quantitative estimate of drug-likeness (QED) is 0.793. The van der Waals surface area contributed by atoms with E-state index in [4.69, 9.17) is 5.11 Å². The lowest BCUT2D eigenvalue weighted by Crippen LogP contribution is -2.26. The van der Waals surface area contributed by atoms with Crippen LogP contribution in [-0.4, -0.2) is 11.7 Å². The summed E-state index contributed by atoms with van der Waals surface area (Å²) in [5, 5.41) is 8.96. The molecule has 0 aliphatic heterocycles. The highest BCUT2D eigenvalue weighted by atomic mass is 19.1. The Morgan fingerprint density at radius 3 is 2.35 bits per heavy atom. The Bertz CT molecular complexity index is 374. The minimum Gasteiger partial charge on any atom is -0.392 e. The first kappa shape index (κ1) is 12.3. The first-order valence-corrected chi connectivity index (χ1v) is 6.31. The second kappa shape index (κ2) is 5.46. The van der Waals surface area contributed by atoms with Crippen molar-refractivity contribution in [2.24, 2.45) is 0 Å². The van der Waals surface area contributed by atoms with E-state index in [1.807, 2.05) is 18.2 Å². The molecule has 1 N–H and O–H groups in total. The van der Waals surface area contributed by atoms with Gasteiger partial charge < -0.3 is 5.11 Å². The Morgan fingerprint density at radius 2 is 1.76 bits per heavy atom. The van der Waals surface area contributed by atoms with Crippen molar-refractivity contribution in [1.29, 1.82) is 0 Å². The normalized spacial score (nSPS) is 19.6. The monoisotopic (exact) mass is 234 g/mol. The minimum atomic E-state index is -0.189. The van der Waals surface area contributed by atoms with Gasteiger partial charge in [-0.1, -0.05) is 43.5 Å². The smallest absolute Gasteiger partial charge is 0.123 e. The molecule has 92 valence electrons. The van der Waals surface area contributed by atoms with Gasteiger partial charge in [0.05, 0.1) is 6.61 Å². The summed E-state index contributed by atoms with van der Waals surface area (Å²) in [5.41, 5.74) is 1.18. The summed E-state index contributed by atoms with van der Waals surface area (Å²) in [6, 6.07) is 6.81. The van der Waals surface area contributed by atoms with Crippen LogP contribution in [0.15, 0.2) is 36.4 Å². The molecule has 1 aromatic carbocycles. The molecule has 0 amide bonds. The maximum absolute atomic E-state index is 13.0. The van der Waals surface area contributed by atoms with Gasteiger partial charge in [-0.3, -0.25) is 0 Å². The molecule has 2 heteroatoms. The van der Waals surface area contributed by atoms with Gasteiger partial charge in [0, 0.05) is 5.41 Å². The van der Waals surface area contributed by atoms with Gasteiger partial charge in [-0.15, -0.1) is 0 Å². The number of rotatable bonds is 3. The zero-order chi connectivity index (χ0) is 12.1. The van der Waals surface area contributed by atoms with E-state index in [0.717, 1.165) is 12.8 Å². The molecular formula is C15H19FO. The predicted octanol–water partition coefficient (Wildman–Crippen LogP) is 3.58. The van der Waals surface area contributed by atoms with Crippen LogP contribution in [0.4, 0.5) is 4.39 Å². The van der Waals surface area contributed by atoms with Gasteiger partial charge in [0.15, 0.2) is 0 Å². The lowest BCUT2D eigenvalue weighted by molar-refractivity contribution is 0.331. The second-order valence-corrected chi connectivity index (χ2v) is 4.81. The molecular weight excluding hydrogens is 215 g/mol. The fourth-order valence-electron chi connectivity index (χ4n) is 2.79. The Labute approximate surface area is 102 Å². The third-order valence-corrected chi connectivity index (χ3v) is 3.71. The maximum Gasteiger partial charge on any atom is 0.123 e. The molecule has 0 bridgehead atoms. The molecule has 1 nitrogen and oxygen atoms in total. The Hall–Kier alpha value is -1.15. The highest BCUT2D eigenvalue weighted by Crippen LogP contribution is 2.40. The molecule has 1 aliphatic carbocycles. The molecule has 0 saturated heterocycles. The van der Waals surface area contributed by atoms with Gasteiger partial charge in [0.2, 0.25) is 0 Å². The molecule has 1 saturated carbocycles. The van der Waals surface area contributed by atoms with E-state index in [1.165, 1.54) is 37.0 Å². The lowest BCUT2D eigenvalue weighted by atomic mass is 9.69. The van der Waals surface area contributed by atoms with Crippen molar-refractivity contribution in [3.63, 3.8) is 0 Å². The van der Waals surface area contributed by atoms with Crippen LogP contribution in [0.3, 0.4) is 0 Å². The number of halogens is 1. The molecule has 0 radical (unpaired) electrons. The van der Waals surface area contributed by atoms with Gasteiger partial charge in [0.25, 0.3) is 0 Å². The Morgan fingerprint density at radius 1 is 1.12 bits per heavy atom. The highest BCUT2D eigenvalue weighted by molar-refractivity contribution is 5.32. The van der Waals surface area contributed by atoms with E-state index in [9.17, 15) is 4.39 Å². The van der Waals surface area contributed by atoms with E-state index in [2.05, 4.69) is 6.08 Å². The van der Waals surface area contributed by atoms with Gasteiger partial charge in [-0.25, -0.2) is 4.39 Å². The van der Waals surface area contributed by atoms with E-state index in [1.54, 1.807) is 0 Å². The van der Waals surface area contributed by atoms with Crippen molar-refractivity contribution in [2.75, 3.05) is 6.61 Å². The summed E-state index contributed by atoms with van der Waals surface area (Å²) < 4.78 is 13.0. The zero-order valence-electron chi connectivity index (χ0n) is 10.0. The summed E-state index contributed by atoms with van der Waals surface area (Å²) in [5.74, 6) is -0.189. The minimum absolute atomic E-state index is 0.00861. The number of hydrogen-bond acceptors (Lipinski definition) is 1. The SMILES string of the molecule is OCC=CC1(c2ccc(F)cc2)CCCCC1. The molecule has 1 aromatic rings. The number of benzene rings is 1.